The number of hydrogen-bond acceptors (Lipinski definition) is 4. The van der Waals surface area contributed by atoms with E-state index in [4.69, 9.17) is 11.7 Å². The second-order valence-corrected chi connectivity index (χ2v) is 3.88. The summed E-state index contributed by atoms with van der Waals surface area (Å²) < 4.78 is 0. The Hall–Kier alpha value is -0.160. The van der Waals surface area contributed by atoms with Gasteiger partial charge in [0.05, 0.1) is 0 Å². The maximum Gasteiger partial charge on any atom is 0.0382 e. The lowest BCUT2D eigenvalue weighted by atomic mass is 10.1. The maximum absolute atomic E-state index is 5.87. The van der Waals surface area contributed by atoms with Crippen molar-refractivity contribution >= 4 is 0 Å². The Morgan fingerprint density at radius 1 is 1.23 bits per heavy atom. The van der Waals surface area contributed by atoms with Gasteiger partial charge in [-0.05, 0) is 6.42 Å². The predicted octanol–water partition coefficient (Wildman–Crippen LogP) is 0.300. The van der Waals surface area contributed by atoms with Gasteiger partial charge in [-0.3, -0.25) is 11.7 Å². The first-order chi connectivity index (χ1) is 6.24. The first-order valence-corrected chi connectivity index (χ1v) is 5.25. The van der Waals surface area contributed by atoms with Crippen LogP contribution in [0.2, 0.25) is 0 Å². The molecule has 0 saturated carbocycles. The fraction of sp³-hybridized carbons (Fsp3) is 1.00. The van der Waals surface area contributed by atoms with Crippen LogP contribution >= 0.6 is 0 Å². The highest BCUT2D eigenvalue weighted by molar-refractivity contribution is 4.76. The summed E-state index contributed by atoms with van der Waals surface area (Å²) in [6.07, 6.45) is 5.01. The summed E-state index contributed by atoms with van der Waals surface area (Å²) in [4.78, 5) is 0. The van der Waals surface area contributed by atoms with Crippen LogP contribution in [0.15, 0.2) is 0 Å². The molecule has 4 heteroatoms. The van der Waals surface area contributed by atoms with E-state index in [1.165, 1.54) is 25.7 Å². The molecule has 1 rings (SSSR count). The van der Waals surface area contributed by atoms with Crippen LogP contribution < -0.4 is 11.7 Å². The number of piperazine rings is 1. The van der Waals surface area contributed by atoms with Gasteiger partial charge in [0.1, 0.15) is 0 Å². The number of hydrazine groups is 2. The molecule has 78 valence electrons. The number of hydrogen-bond donors (Lipinski definition) is 2. The third-order valence-corrected chi connectivity index (χ3v) is 2.70. The maximum atomic E-state index is 5.87. The van der Waals surface area contributed by atoms with Gasteiger partial charge in [-0.2, -0.15) is 0 Å². The topological polar surface area (TPSA) is 58.5 Å². The molecule has 4 nitrogen and oxygen atoms in total. The smallest absolute Gasteiger partial charge is 0.0382 e. The van der Waals surface area contributed by atoms with Gasteiger partial charge in [0.25, 0.3) is 0 Å². The molecule has 1 heterocycles. The monoisotopic (exact) mass is 186 g/mol. The van der Waals surface area contributed by atoms with Gasteiger partial charge in [0, 0.05) is 25.7 Å². The minimum Gasteiger partial charge on any atom is -0.269 e. The molecule has 0 amide bonds. The molecule has 13 heavy (non-hydrogen) atoms. The van der Waals surface area contributed by atoms with E-state index in [0.29, 0.717) is 6.04 Å². The molecule has 0 aromatic carbocycles. The second-order valence-electron chi connectivity index (χ2n) is 3.88. The molecule has 0 aliphatic carbocycles. The summed E-state index contributed by atoms with van der Waals surface area (Å²) in [7, 11) is 0. The van der Waals surface area contributed by atoms with Crippen molar-refractivity contribution in [1.82, 2.24) is 10.0 Å². The van der Waals surface area contributed by atoms with Gasteiger partial charge in [0.2, 0.25) is 0 Å². The number of nitrogens with zero attached hydrogens (tertiary/aromatic N) is 2. The fourth-order valence-corrected chi connectivity index (χ4v) is 1.78. The van der Waals surface area contributed by atoms with Gasteiger partial charge < -0.3 is 0 Å². The SMILES string of the molecule is CCCCCC1CN(N)CCN1N. The Morgan fingerprint density at radius 3 is 2.69 bits per heavy atom. The van der Waals surface area contributed by atoms with Crippen LogP contribution in [-0.4, -0.2) is 35.7 Å². The largest absolute Gasteiger partial charge is 0.269 e. The van der Waals surface area contributed by atoms with E-state index in [1.54, 1.807) is 0 Å². The number of nitrogens with two attached hydrogens (primary N) is 2. The Bertz CT molecular complexity index is 140. The number of unbranched alkanes of at least 4 members (excludes halogenated alkanes) is 2. The Kier molecular flexibility index (Phi) is 4.66. The summed E-state index contributed by atoms with van der Waals surface area (Å²) >= 11 is 0. The summed E-state index contributed by atoms with van der Waals surface area (Å²) in [5.74, 6) is 11.6. The van der Waals surface area contributed by atoms with E-state index in [9.17, 15) is 0 Å². The first-order valence-electron chi connectivity index (χ1n) is 5.25. The van der Waals surface area contributed by atoms with Crippen LogP contribution in [0, 0.1) is 0 Å². The highest BCUT2D eigenvalue weighted by atomic mass is 15.5. The zero-order valence-electron chi connectivity index (χ0n) is 8.58. The summed E-state index contributed by atoms with van der Waals surface area (Å²) in [6, 6.07) is 0.463. The minimum atomic E-state index is 0.463. The van der Waals surface area contributed by atoms with Crippen molar-refractivity contribution in [3.63, 3.8) is 0 Å². The number of rotatable bonds is 4. The molecule has 0 radical (unpaired) electrons. The Labute approximate surface area is 80.8 Å². The molecule has 1 unspecified atom stereocenters. The molecule has 0 bridgehead atoms. The molecule has 1 saturated heterocycles. The highest BCUT2D eigenvalue weighted by Gasteiger charge is 2.22. The predicted molar refractivity (Wildman–Crippen MR) is 54.6 cm³/mol. The van der Waals surface area contributed by atoms with Crippen LogP contribution in [-0.2, 0) is 0 Å². The van der Waals surface area contributed by atoms with E-state index in [-0.39, 0.29) is 0 Å². The highest BCUT2D eigenvalue weighted by Crippen LogP contribution is 2.11. The van der Waals surface area contributed by atoms with Crippen LogP contribution in [0.3, 0.4) is 0 Å². The average molecular weight is 186 g/mol. The summed E-state index contributed by atoms with van der Waals surface area (Å²) in [6.45, 7) is 4.92. The van der Waals surface area contributed by atoms with Gasteiger partial charge in [0.15, 0.2) is 0 Å². The summed E-state index contributed by atoms with van der Waals surface area (Å²) in [5, 5.41) is 3.82. The molecule has 1 atom stereocenters. The first kappa shape index (κ1) is 10.9. The van der Waals surface area contributed by atoms with Crippen molar-refractivity contribution in [2.75, 3.05) is 19.6 Å². The molecular formula is C9H22N4. The van der Waals surface area contributed by atoms with Crippen molar-refractivity contribution in [1.29, 1.82) is 0 Å². The van der Waals surface area contributed by atoms with Crippen molar-refractivity contribution in [2.45, 2.75) is 38.6 Å². The van der Waals surface area contributed by atoms with Crippen molar-refractivity contribution in [3.05, 3.63) is 0 Å². The second kappa shape index (κ2) is 5.54. The van der Waals surface area contributed by atoms with E-state index in [2.05, 4.69) is 6.92 Å². The molecular weight excluding hydrogens is 164 g/mol. The lowest BCUT2D eigenvalue weighted by Gasteiger charge is -2.36. The van der Waals surface area contributed by atoms with E-state index >= 15 is 0 Å². The fourth-order valence-electron chi connectivity index (χ4n) is 1.78. The van der Waals surface area contributed by atoms with Crippen molar-refractivity contribution in [3.8, 4) is 0 Å². The lowest BCUT2D eigenvalue weighted by Crippen LogP contribution is -2.57. The zero-order valence-corrected chi connectivity index (χ0v) is 8.58. The normalized spacial score (nSPS) is 26.5. The molecule has 1 fully saturated rings. The van der Waals surface area contributed by atoms with Crippen molar-refractivity contribution < 1.29 is 0 Å². The van der Waals surface area contributed by atoms with E-state index in [1.807, 2.05) is 10.0 Å². The molecule has 0 aromatic heterocycles. The average Bonchev–Trinajstić information content (AvgIpc) is 2.11. The third kappa shape index (κ3) is 3.60. The van der Waals surface area contributed by atoms with Crippen LogP contribution in [0.4, 0.5) is 0 Å². The lowest BCUT2D eigenvalue weighted by molar-refractivity contribution is 0.0685. The quantitative estimate of drug-likeness (QED) is 0.490. The molecule has 0 spiro atoms. The molecule has 0 aromatic rings. The van der Waals surface area contributed by atoms with Gasteiger partial charge in [-0.25, -0.2) is 10.0 Å². The zero-order chi connectivity index (χ0) is 9.68. The van der Waals surface area contributed by atoms with Crippen LogP contribution in [0.1, 0.15) is 32.6 Å². The Balaban J connectivity index is 2.21. The Morgan fingerprint density at radius 2 is 2.00 bits per heavy atom. The summed E-state index contributed by atoms with van der Waals surface area (Å²) in [5.41, 5.74) is 0. The van der Waals surface area contributed by atoms with Gasteiger partial charge in [-0.1, -0.05) is 26.2 Å². The molecule has 1 aliphatic rings. The van der Waals surface area contributed by atoms with Crippen LogP contribution in [0.5, 0.6) is 0 Å². The van der Waals surface area contributed by atoms with E-state index < -0.39 is 0 Å². The van der Waals surface area contributed by atoms with Gasteiger partial charge in [-0.15, -0.1) is 0 Å². The van der Waals surface area contributed by atoms with Crippen molar-refractivity contribution in [2.24, 2.45) is 11.7 Å². The van der Waals surface area contributed by atoms with Gasteiger partial charge >= 0.3 is 0 Å². The minimum absolute atomic E-state index is 0.463. The standard InChI is InChI=1S/C9H22N4/c1-2-3-4-5-9-8-12(10)6-7-13(9)11/h9H,2-8,10-11H2,1H3. The van der Waals surface area contributed by atoms with E-state index in [0.717, 1.165) is 19.6 Å². The third-order valence-electron chi connectivity index (χ3n) is 2.70. The molecule has 1 aliphatic heterocycles. The van der Waals surface area contributed by atoms with Crippen LogP contribution in [0.25, 0.3) is 0 Å². The molecule has 4 N–H and O–H groups in total.